The molecule has 2 aromatic carbocycles. The van der Waals surface area contributed by atoms with Gasteiger partial charge in [-0.2, -0.15) is 5.10 Å². The molecular weight excluding hydrogens is 260 g/mol. The van der Waals surface area contributed by atoms with Crippen LogP contribution in [0, 0.1) is 0 Å². The Morgan fingerprint density at radius 1 is 1.10 bits per heavy atom. The maximum absolute atomic E-state index is 12.6. The monoisotopic (exact) mass is 278 g/mol. The number of amides is 1. The Hall–Kier alpha value is -2.42. The van der Waals surface area contributed by atoms with Crippen LogP contribution in [0.15, 0.2) is 65.8 Å². The van der Waals surface area contributed by atoms with Gasteiger partial charge in [-0.1, -0.05) is 60.7 Å². The van der Waals surface area contributed by atoms with Gasteiger partial charge in [0.2, 0.25) is 5.91 Å². The van der Waals surface area contributed by atoms with Gasteiger partial charge in [0, 0.05) is 12.1 Å². The highest BCUT2D eigenvalue weighted by molar-refractivity contribution is 5.89. The minimum absolute atomic E-state index is 0.0300. The summed E-state index contributed by atoms with van der Waals surface area (Å²) in [6.07, 6.45) is 1.20. The molecule has 1 heterocycles. The fourth-order valence-corrected chi connectivity index (χ4v) is 2.68. The molecule has 0 N–H and O–H groups in total. The van der Waals surface area contributed by atoms with Crippen molar-refractivity contribution in [3.05, 3.63) is 71.8 Å². The number of nitrogens with zero attached hydrogens (tertiary/aromatic N) is 2. The van der Waals surface area contributed by atoms with Gasteiger partial charge in [0.25, 0.3) is 0 Å². The van der Waals surface area contributed by atoms with Gasteiger partial charge in [-0.25, -0.2) is 5.01 Å². The van der Waals surface area contributed by atoms with Crippen molar-refractivity contribution < 1.29 is 4.79 Å². The average Bonchev–Trinajstić information content (AvgIpc) is 2.91. The van der Waals surface area contributed by atoms with E-state index in [9.17, 15) is 4.79 Å². The summed E-state index contributed by atoms with van der Waals surface area (Å²) in [6, 6.07) is 20.0. The zero-order valence-corrected chi connectivity index (χ0v) is 12.1. The van der Waals surface area contributed by atoms with Crippen molar-refractivity contribution in [2.75, 3.05) is 0 Å². The van der Waals surface area contributed by atoms with E-state index in [1.165, 1.54) is 0 Å². The third-order valence-electron chi connectivity index (χ3n) is 3.70. The topological polar surface area (TPSA) is 32.7 Å². The van der Waals surface area contributed by atoms with E-state index in [4.69, 9.17) is 0 Å². The molecule has 0 radical (unpaired) electrons. The van der Waals surface area contributed by atoms with E-state index in [1.807, 2.05) is 55.5 Å². The predicted octanol–water partition coefficient (Wildman–Crippen LogP) is 3.58. The highest BCUT2D eigenvalue weighted by atomic mass is 16.2. The molecule has 0 fully saturated rings. The summed E-state index contributed by atoms with van der Waals surface area (Å²) in [7, 11) is 0. The van der Waals surface area contributed by atoms with Gasteiger partial charge in [-0.3, -0.25) is 4.79 Å². The summed E-state index contributed by atoms with van der Waals surface area (Å²) < 4.78 is 0. The maximum Gasteiger partial charge on any atom is 0.247 e. The smallest absolute Gasteiger partial charge is 0.247 e. The molecule has 0 aliphatic carbocycles. The summed E-state index contributed by atoms with van der Waals surface area (Å²) in [5, 5.41) is 6.09. The summed E-state index contributed by atoms with van der Waals surface area (Å²) in [5.41, 5.74) is 3.17. The molecule has 1 aliphatic heterocycles. The van der Waals surface area contributed by atoms with Crippen molar-refractivity contribution in [1.82, 2.24) is 5.01 Å². The molecule has 0 spiro atoms. The molecule has 0 bridgehead atoms. The normalized spacial score (nSPS) is 17.7. The van der Waals surface area contributed by atoms with Gasteiger partial charge in [0.05, 0.1) is 12.5 Å². The Balaban J connectivity index is 1.80. The number of hydrazone groups is 1. The van der Waals surface area contributed by atoms with E-state index in [2.05, 4.69) is 17.2 Å². The molecular formula is C18H18N2O. The van der Waals surface area contributed by atoms with Crippen molar-refractivity contribution in [2.45, 2.75) is 25.8 Å². The first-order valence-corrected chi connectivity index (χ1v) is 7.19. The molecule has 3 heteroatoms. The molecule has 0 unspecified atom stereocenters. The lowest BCUT2D eigenvalue weighted by Crippen LogP contribution is -2.28. The van der Waals surface area contributed by atoms with Crippen molar-refractivity contribution in [3.8, 4) is 0 Å². The molecule has 0 aromatic heterocycles. The van der Waals surface area contributed by atoms with E-state index >= 15 is 0 Å². The lowest BCUT2D eigenvalue weighted by atomic mass is 10.0. The van der Waals surface area contributed by atoms with Crippen molar-refractivity contribution in [3.63, 3.8) is 0 Å². The van der Waals surface area contributed by atoms with Crippen LogP contribution in [0.4, 0.5) is 0 Å². The molecule has 1 amide bonds. The summed E-state index contributed by atoms with van der Waals surface area (Å²) >= 11 is 0. The largest absolute Gasteiger partial charge is 0.273 e. The van der Waals surface area contributed by atoms with E-state index in [0.717, 1.165) is 23.3 Å². The number of benzene rings is 2. The molecule has 1 atom stereocenters. The van der Waals surface area contributed by atoms with Crippen LogP contribution in [0.25, 0.3) is 0 Å². The quantitative estimate of drug-likeness (QED) is 0.844. The van der Waals surface area contributed by atoms with Gasteiger partial charge < -0.3 is 0 Å². The second-order valence-electron chi connectivity index (χ2n) is 5.37. The van der Waals surface area contributed by atoms with Crippen LogP contribution in [-0.4, -0.2) is 16.6 Å². The van der Waals surface area contributed by atoms with Crippen LogP contribution < -0.4 is 0 Å². The van der Waals surface area contributed by atoms with Crippen molar-refractivity contribution in [1.29, 1.82) is 0 Å². The third kappa shape index (κ3) is 3.02. The minimum Gasteiger partial charge on any atom is -0.273 e. The van der Waals surface area contributed by atoms with E-state index in [0.29, 0.717) is 6.42 Å². The van der Waals surface area contributed by atoms with Crippen LogP contribution in [0.2, 0.25) is 0 Å². The standard InChI is InChI=1S/C18H18N2O/c1-14-12-17(16-10-6-3-7-11-16)20(19-14)18(21)13-15-8-4-2-5-9-15/h2-11,17H,12-13H2,1H3/t17-/m1/s1. The van der Waals surface area contributed by atoms with Gasteiger partial charge in [0.15, 0.2) is 0 Å². The number of carbonyl (C=O) groups excluding carboxylic acids is 1. The van der Waals surface area contributed by atoms with Gasteiger partial charge in [-0.05, 0) is 18.1 Å². The molecule has 3 nitrogen and oxygen atoms in total. The molecule has 0 saturated heterocycles. The first-order valence-electron chi connectivity index (χ1n) is 7.19. The van der Waals surface area contributed by atoms with E-state index in [-0.39, 0.29) is 11.9 Å². The van der Waals surface area contributed by atoms with E-state index < -0.39 is 0 Å². The minimum atomic E-state index is 0.0300. The molecule has 106 valence electrons. The Morgan fingerprint density at radius 3 is 2.38 bits per heavy atom. The van der Waals surface area contributed by atoms with Gasteiger partial charge in [-0.15, -0.1) is 0 Å². The second-order valence-corrected chi connectivity index (χ2v) is 5.37. The molecule has 0 saturated carbocycles. The van der Waals surface area contributed by atoms with Crippen molar-refractivity contribution in [2.24, 2.45) is 5.10 Å². The van der Waals surface area contributed by atoms with Crippen LogP contribution >= 0.6 is 0 Å². The first kappa shape index (κ1) is 13.6. The SMILES string of the molecule is CC1=NN(C(=O)Cc2ccccc2)[C@@H](c2ccccc2)C1. The summed E-state index contributed by atoms with van der Waals surface area (Å²) in [5.74, 6) is 0.0481. The fraction of sp³-hybridized carbons (Fsp3) is 0.222. The maximum atomic E-state index is 12.6. The number of carbonyl (C=O) groups is 1. The second kappa shape index (κ2) is 5.92. The highest BCUT2D eigenvalue weighted by Crippen LogP contribution is 2.30. The number of hydrogen-bond acceptors (Lipinski definition) is 2. The van der Waals surface area contributed by atoms with Gasteiger partial charge in [0.1, 0.15) is 0 Å². The van der Waals surface area contributed by atoms with Crippen LogP contribution in [0.5, 0.6) is 0 Å². The van der Waals surface area contributed by atoms with Crippen LogP contribution in [0.3, 0.4) is 0 Å². The Bertz CT molecular complexity index is 649. The first-order chi connectivity index (χ1) is 10.2. The number of rotatable bonds is 3. The molecule has 2 aromatic rings. The lowest BCUT2D eigenvalue weighted by molar-refractivity contribution is -0.132. The zero-order chi connectivity index (χ0) is 14.7. The number of hydrogen-bond donors (Lipinski definition) is 0. The lowest BCUT2D eigenvalue weighted by Gasteiger charge is -2.22. The third-order valence-corrected chi connectivity index (χ3v) is 3.70. The van der Waals surface area contributed by atoms with Crippen molar-refractivity contribution >= 4 is 11.6 Å². The Labute approximate surface area is 124 Å². The predicted molar refractivity (Wildman–Crippen MR) is 83.9 cm³/mol. The highest BCUT2D eigenvalue weighted by Gasteiger charge is 2.30. The Morgan fingerprint density at radius 2 is 1.71 bits per heavy atom. The molecule has 1 aliphatic rings. The molecule has 3 rings (SSSR count). The summed E-state index contributed by atoms with van der Waals surface area (Å²) in [4.78, 5) is 12.6. The van der Waals surface area contributed by atoms with E-state index in [1.54, 1.807) is 5.01 Å². The fourth-order valence-electron chi connectivity index (χ4n) is 2.68. The van der Waals surface area contributed by atoms with Gasteiger partial charge >= 0.3 is 0 Å². The molecule has 21 heavy (non-hydrogen) atoms. The zero-order valence-electron chi connectivity index (χ0n) is 12.1. The van der Waals surface area contributed by atoms with Crippen LogP contribution in [0.1, 0.15) is 30.5 Å². The van der Waals surface area contributed by atoms with Crippen LogP contribution in [-0.2, 0) is 11.2 Å². The Kier molecular flexibility index (Phi) is 3.82. The summed E-state index contributed by atoms with van der Waals surface area (Å²) in [6.45, 7) is 1.98. The average molecular weight is 278 g/mol.